The molecule has 0 bridgehead atoms. The number of unbranched alkanes of at least 4 members (excludes halogenated alkanes) is 32. The van der Waals surface area contributed by atoms with Gasteiger partial charge in [-0.15, -0.1) is 0 Å². The van der Waals surface area contributed by atoms with Gasteiger partial charge in [-0.1, -0.05) is 220 Å². The van der Waals surface area contributed by atoms with Crippen molar-refractivity contribution in [2.24, 2.45) is 0 Å². The molecule has 0 unspecified atom stereocenters. The van der Waals surface area contributed by atoms with Gasteiger partial charge in [0, 0.05) is 80.6 Å². The Labute approximate surface area is 409 Å². The van der Waals surface area contributed by atoms with E-state index in [9.17, 15) is 0 Å². The largest absolute Gasteiger partial charge is 0.466 e. The smallest absolute Gasteiger partial charge is 0.315 e. The molecule has 0 aliphatic rings. The number of allylic oxidation sites excluding steroid dienone is 2. The molecule has 0 atom stereocenters. The Morgan fingerprint density at radius 2 is 0.478 bits per heavy atom. The maximum atomic E-state index is 8.88. The number of rotatable bonds is 56. The van der Waals surface area contributed by atoms with E-state index in [1.807, 2.05) is 12.2 Å². The zero-order valence-corrected chi connectivity index (χ0v) is 42.2. The predicted molar refractivity (Wildman–Crippen MR) is 243 cm³/mol. The van der Waals surface area contributed by atoms with Crippen molar-refractivity contribution in [2.75, 3.05) is 0 Å². The van der Waals surface area contributed by atoms with Crippen LogP contribution in [0.2, 0.25) is 0 Å². The van der Waals surface area contributed by atoms with Crippen molar-refractivity contribution in [2.45, 2.75) is 232 Å². The SMILES string of the molecule is C=COOOOOOOOOOC=CCCCCCCCCCCCCCCCCCC.C=COOOOOOOOOOC=CCCCCCCCCCCCCCCCCCC.O=P(O)(O)O. The third-order valence-electron chi connectivity index (χ3n) is 9.43. The van der Waals surface area contributed by atoms with E-state index >= 15 is 0 Å². The second-order valence-electron chi connectivity index (χ2n) is 15.2. The molecule has 3 N–H and O–H groups in total. The second-order valence-corrected chi connectivity index (χ2v) is 16.3. The van der Waals surface area contributed by atoms with Gasteiger partial charge in [-0.05, 0) is 37.8 Å². The van der Waals surface area contributed by atoms with E-state index in [1.54, 1.807) is 0 Å². The van der Waals surface area contributed by atoms with Crippen LogP contribution in [0.3, 0.4) is 0 Å². The first kappa shape index (κ1) is 70.9. The Balaban J connectivity index is -0.00000115. The molecule has 0 amide bonds. The molecule has 0 heterocycles. The molecule has 0 aromatic rings. The molecule has 0 rings (SSSR count). The van der Waals surface area contributed by atoms with Crippen molar-refractivity contribution in [1.29, 1.82) is 0 Å². The molecule has 0 spiro atoms. The lowest BCUT2D eigenvalue weighted by atomic mass is 10.0. The molecular weight excluding hydrogens is 943 g/mol. The predicted octanol–water partition coefficient (Wildman–Crippen LogP) is 14.5. The summed E-state index contributed by atoms with van der Waals surface area (Å²) in [5.74, 6) is 0. The molecule has 25 heteroatoms. The minimum atomic E-state index is -4.64. The van der Waals surface area contributed by atoms with Crippen LogP contribution in [0, 0.1) is 0 Å². The number of hydrogen-bond donors (Lipinski definition) is 3. The van der Waals surface area contributed by atoms with Crippen LogP contribution in [0.15, 0.2) is 50.4 Å². The van der Waals surface area contributed by atoms with Gasteiger partial charge in [0.1, 0.15) is 25.0 Å². The van der Waals surface area contributed by atoms with Gasteiger partial charge in [-0.25, -0.2) is 4.57 Å². The van der Waals surface area contributed by atoms with Crippen molar-refractivity contribution >= 4 is 7.82 Å². The highest BCUT2D eigenvalue weighted by atomic mass is 31.2. The van der Waals surface area contributed by atoms with Crippen LogP contribution in [0.1, 0.15) is 232 Å². The van der Waals surface area contributed by atoms with Crippen LogP contribution in [0.25, 0.3) is 0 Å². The lowest BCUT2D eigenvalue weighted by Gasteiger charge is -2.03. The Kier molecular flexibility index (Phi) is 69.6. The normalized spacial score (nSPS) is 11.3. The minimum Gasteiger partial charge on any atom is -0.315 e. The van der Waals surface area contributed by atoms with E-state index < -0.39 is 7.82 Å². The molecule has 0 saturated carbocycles. The second kappa shape index (κ2) is 67.7. The lowest BCUT2D eigenvalue weighted by Crippen LogP contribution is -2.01. The molecule has 0 saturated heterocycles. The van der Waals surface area contributed by atoms with E-state index in [4.69, 9.17) is 19.2 Å². The van der Waals surface area contributed by atoms with Crippen LogP contribution in [-0.4, -0.2) is 14.7 Å². The summed E-state index contributed by atoms with van der Waals surface area (Å²) in [6.45, 7) is 10.9. The summed E-state index contributed by atoms with van der Waals surface area (Å²) in [5, 5.41) is 61.7. The van der Waals surface area contributed by atoms with Gasteiger partial charge in [0.15, 0.2) is 0 Å². The summed E-state index contributed by atoms with van der Waals surface area (Å²) < 4.78 is 8.88. The fourth-order valence-electron chi connectivity index (χ4n) is 6.14. The van der Waals surface area contributed by atoms with Gasteiger partial charge in [0.25, 0.3) is 0 Å². The average Bonchev–Trinajstić information content (AvgIpc) is 3.33. The molecule has 0 aliphatic carbocycles. The van der Waals surface area contributed by atoms with Gasteiger partial charge >= 0.3 is 7.82 Å². The Bertz CT molecular complexity index is 980. The van der Waals surface area contributed by atoms with Crippen LogP contribution in [0.4, 0.5) is 0 Å². The molecule has 69 heavy (non-hydrogen) atoms. The highest BCUT2D eigenvalue weighted by molar-refractivity contribution is 7.45. The highest BCUT2D eigenvalue weighted by Gasteiger charge is 2.01. The average molecular weight is 1030 g/mol. The highest BCUT2D eigenvalue weighted by Crippen LogP contribution is 2.26. The summed E-state index contributed by atoms with van der Waals surface area (Å²) in [5.41, 5.74) is 0. The van der Waals surface area contributed by atoms with Gasteiger partial charge in [0.2, 0.25) is 0 Å². The molecule has 0 radical (unpaired) electrons. The van der Waals surface area contributed by atoms with Crippen molar-refractivity contribution < 1.29 is 119 Å². The summed E-state index contributed by atoms with van der Waals surface area (Å²) in [4.78, 5) is 38.7. The van der Waals surface area contributed by atoms with E-state index in [1.165, 1.54) is 205 Å². The molecule has 24 nitrogen and oxygen atoms in total. The topological polar surface area (TPSA) is 262 Å². The van der Waals surface area contributed by atoms with Crippen LogP contribution >= 0.6 is 7.82 Å². The number of hydrogen-bond acceptors (Lipinski definition) is 21. The van der Waals surface area contributed by atoms with Crippen molar-refractivity contribution in [1.82, 2.24) is 0 Å². The van der Waals surface area contributed by atoms with Crippen LogP contribution < -0.4 is 0 Å². The minimum absolute atomic E-state index is 0.889. The van der Waals surface area contributed by atoms with Gasteiger partial charge < -0.3 is 34.2 Å². The maximum absolute atomic E-state index is 8.88. The summed E-state index contributed by atoms with van der Waals surface area (Å²) in [7, 11) is -4.64. The zero-order valence-electron chi connectivity index (χ0n) is 41.3. The van der Waals surface area contributed by atoms with Gasteiger partial charge in [-0.3, -0.25) is 0 Å². The third kappa shape index (κ3) is 85.9. The molecule has 412 valence electrons. The maximum Gasteiger partial charge on any atom is 0.466 e. The van der Waals surface area contributed by atoms with Gasteiger partial charge in [-0.2, -0.15) is 0 Å². The Hall–Kier alpha value is -2.37. The molecule has 0 aliphatic heterocycles. The van der Waals surface area contributed by atoms with Crippen molar-refractivity contribution in [3.8, 4) is 0 Å². The molecule has 0 aromatic heterocycles. The first-order chi connectivity index (χ1) is 33.8. The standard InChI is InChI=1S/2C22H42O10.H3O4P/c2*1-3-5-6-7-8-9-10-11-12-13-14-15-16-17-18-19-20-21-22-24-26-28-30-32-31-29-27-25-23-4-2;1-5(2,3)4/h2*4,21-22H,2-3,5-20H2,1H3;(H3,1,2,3,4). The zero-order chi connectivity index (χ0) is 50.9. The van der Waals surface area contributed by atoms with E-state index in [0.29, 0.717) is 0 Å². The van der Waals surface area contributed by atoms with Crippen LogP contribution in [-0.2, 0) is 105 Å². The molecular formula is C44H87O24P. The summed E-state index contributed by atoms with van der Waals surface area (Å²) in [6, 6.07) is 0. The lowest BCUT2D eigenvalue weighted by molar-refractivity contribution is -0.841. The summed E-state index contributed by atoms with van der Waals surface area (Å²) >= 11 is 0. The molecule has 0 fully saturated rings. The first-order valence-electron chi connectivity index (χ1n) is 24.4. The van der Waals surface area contributed by atoms with E-state index in [-0.39, 0.29) is 0 Å². The third-order valence-corrected chi connectivity index (χ3v) is 9.43. The molecule has 0 aromatic carbocycles. The van der Waals surface area contributed by atoms with Gasteiger partial charge in [0.05, 0.1) is 0 Å². The Morgan fingerprint density at radius 1 is 0.304 bits per heavy atom. The fraction of sp³-hybridized carbons (Fsp3) is 0.818. The quantitative estimate of drug-likeness (QED) is 0.0168. The summed E-state index contributed by atoms with van der Waals surface area (Å²) in [6.07, 6.45) is 53.3. The number of phosphoric acid groups is 1. The van der Waals surface area contributed by atoms with Crippen LogP contribution in [0.5, 0.6) is 0 Å². The fourth-order valence-corrected chi connectivity index (χ4v) is 6.14. The van der Waals surface area contributed by atoms with E-state index in [0.717, 1.165) is 38.2 Å². The van der Waals surface area contributed by atoms with E-state index in [2.05, 4.69) is 127 Å². The first-order valence-corrected chi connectivity index (χ1v) is 26.0. The van der Waals surface area contributed by atoms with Crippen molar-refractivity contribution in [3.63, 3.8) is 0 Å². The monoisotopic (exact) mass is 1030 g/mol. The Morgan fingerprint density at radius 3 is 0.681 bits per heavy atom. The van der Waals surface area contributed by atoms with Crippen molar-refractivity contribution in [3.05, 3.63) is 50.4 Å².